The molecule has 0 aromatic carbocycles. The van der Waals surface area contributed by atoms with Crippen LogP contribution < -0.4 is 0 Å². The van der Waals surface area contributed by atoms with Crippen LogP contribution in [0.5, 0.6) is 0 Å². The largest absolute Gasteiger partial charge is 0.392 e. The van der Waals surface area contributed by atoms with Gasteiger partial charge in [-0.25, -0.2) is 0 Å². The van der Waals surface area contributed by atoms with Crippen molar-refractivity contribution in [3.63, 3.8) is 0 Å². The molecule has 0 heterocycles. The average Bonchev–Trinajstić information content (AvgIpc) is 2.50. The molecule has 3 nitrogen and oxygen atoms in total. The SMILES string of the molecule is C[C@H](O)CN(C)C1CCC(C#N)C1. The van der Waals surface area contributed by atoms with E-state index >= 15 is 0 Å². The number of hydrogen-bond acceptors (Lipinski definition) is 3. The van der Waals surface area contributed by atoms with Crippen LogP contribution in [-0.2, 0) is 0 Å². The minimum Gasteiger partial charge on any atom is -0.392 e. The number of likely N-dealkylation sites (N-methyl/N-ethyl adjacent to an activating group) is 1. The second kappa shape index (κ2) is 4.59. The summed E-state index contributed by atoms with van der Waals surface area (Å²) in [6, 6.07) is 2.81. The van der Waals surface area contributed by atoms with Crippen LogP contribution in [0.15, 0.2) is 0 Å². The quantitative estimate of drug-likeness (QED) is 0.708. The van der Waals surface area contributed by atoms with E-state index < -0.39 is 0 Å². The first kappa shape index (κ1) is 10.5. The first-order valence-electron chi connectivity index (χ1n) is 4.91. The van der Waals surface area contributed by atoms with Crippen molar-refractivity contribution >= 4 is 0 Å². The summed E-state index contributed by atoms with van der Waals surface area (Å²) in [6.45, 7) is 2.51. The fourth-order valence-electron chi connectivity index (χ4n) is 2.04. The summed E-state index contributed by atoms with van der Waals surface area (Å²) >= 11 is 0. The highest BCUT2D eigenvalue weighted by atomic mass is 16.3. The van der Waals surface area contributed by atoms with Gasteiger partial charge in [0.2, 0.25) is 0 Å². The Bertz CT molecular complexity index is 198. The third-order valence-electron chi connectivity index (χ3n) is 2.76. The van der Waals surface area contributed by atoms with Crippen molar-refractivity contribution < 1.29 is 5.11 Å². The number of nitriles is 1. The van der Waals surface area contributed by atoms with E-state index in [9.17, 15) is 5.11 Å². The third kappa shape index (κ3) is 2.98. The van der Waals surface area contributed by atoms with Gasteiger partial charge in [0.15, 0.2) is 0 Å². The fourth-order valence-corrected chi connectivity index (χ4v) is 2.04. The summed E-state index contributed by atoms with van der Waals surface area (Å²) in [5.41, 5.74) is 0. The van der Waals surface area contributed by atoms with Crippen molar-refractivity contribution in [2.75, 3.05) is 13.6 Å². The Morgan fingerprint density at radius 1 is 1.62 bits per heavy atom. The van der Waals surface area contributed by atoms with Gasteiger partial charge in [0.1, 0.15) is 0 Å². The lowest BCUT2D eigenvalue weighted by atomic mass is 10.1. The summed E-state index contributed by atoms with van der Waals surface area (Å²) in [5.74, 6) is 0.237. The Balaban J connectivity index is 2.34. The Morgan fingerprint density at radius 2 is 2.31 bits per heavy atom. The smallest absolute Gasteiger partial charge is 0.0656 e. The van der Waals surface area contributed by atoms with Gasteiger partial charge in [-0.15, -0.1) is 0 Å². The van der Waals surface area contributed by atoms with Crippen LogP contribution in [0.25, 0.3) is 0 Å². The number of aliphatic hydroxyl groups excluding tert-OH is 1. The van der Waals surface area contributed by atoms with Gasteiger partial charge in [-0.1, -0.05) is 0 Å². The maximum absolute atomic E-state index is 9.20. The number of aliphatic hydroxyl groups is 1. The molecular formula is C10H18N2O. The van der Waals surface area contributed by atoms with E-state index in [1.165, 1.54) is 0 Å². The molecule has 3 heteroatoms. The average molecular weight is 182 g/mol. The fraction of sp³-hybridized carbons (Fsp3) is 0.900. The first-order chi connectivity index (χ1) is 6.13. The van der Waals surface area contributed by atoms with Gasteiger partial charge in [0.25, 0.3) is 0 Å². The topological polar surface area (TPSA) is 47.3 Å². The molecule has 1 N–H and O–H groups in total. The van der Waals surface area contributed by atoms with Crippen LogP contribution in [-0.4, -0.2) is 35.7 Å². The molecule has 1 saturated carbocycles. The third-order valence-corrected chi connectivity index (χ3v) is 2.76. The van der Waals surface area contributed by atoms with Crippen molar-refractivity contribution in [1.29, 1.82) is 5.26 Å². The van der Waals surface area contributed by atoms with E-state index in [1.807, 2.05) is 7.05 Å². The molecule has 2 unspecified atom stereocenters. The maximum atomic E-state index is 9.20. The van der Waals surface area contributed by atoms with Crippen LogP contribution in [0.1, 0.15) is 26.2 Å². The van der Waals surface area contributed by atoms with Gasteiger partial charge < -0.3 is 10.0 Å². The van der Waals surface area contributed by atoms with Crippen molar-refractivity contribution in [2.24, 2.45) is 5.92 Å². The number of hydrogen-bond donors (Lipinski definition) is 1. The van der Waals surface area contributed by atoms with Gasteiger partial charge in [-0.05, 0) is 33.2 Å². The molecule has 1 aliphatic carbocycles. The summed E-state index contributed by atoms with van der Waals surface area (Å²) in [5, 5.41) is 17.9. The second-order valence-corrected chi connectivity index (χ2v) is 4.08. The zero-order chi connectivity index (χ0) is 9.84. The molecule has 0 saturated heterocycles. The predicted molar refractivity (Wildman–Crippen MR) is 51.1 cm³/mol. The zero-order valence-electron chi connectivity index (χ0n) is 8.40. The molecule has 1 fully saturated rings. The Labute approximate surface area is 80.0 Å². The molecule has 0 radical (unpaired) electrons. The molecule has 0 aliphatic heterocycles. The molecule has 13 heavy (non-hydrogen) atoms. The van der Waals surface area contributed by atoms with Gasteiger partial charge in [-0.3, -0.25) is 0 Å². The lowest BCUT2D eigenvalue weighted by Crippen LogP contribution is -2.35. The summed E-state index contributed by atoms with van der Waals surface area (Å²) in [6.07, 6.45) is 2.82. The van der Waals surface area contributed by atoms with Crippen molar-refractivity contribution in [3.05, 3.63) is 0 Å². The summed E-state index contributed by atoms with van der Waals surface area (Å²) < 4.78 is 0. The Morgan fingerprint density at radius 3 is 2.77 bits per heavy atom. The molecule has 0 amide bonds. The van der Waals surface area contributed by atoms with Crippen LogP contribution in [0.4, 0.5) is 0 Å². The highest BCUT2D eigenvalue weighted by Gasteiger charge is 2.27. The van der Waals surface area contributed by atoms with Crippen molar-refractivity contribution in [3.8, 4) is 6.07 Å². The van der Waals surface area contributed by atoms with E-state index in [2.05, 4.69) is 11.0 Å². The highest BCUT2D eigenvalue weighted by Crippen LogP contribution is 2.27. The van der Waals surface area contributed by atoms with E-state index in [0.717, 1.165) is 19.3 Å². The lowest BCUT2D eigenvalue weighted by Gasteiger charge is -2.25. The summed E-state index contributed by atoms with van der Waals surface area (Å²) in [4.78, 5) is 2.17. The highest BCUT2D eigenvalue weighted by molar-refractivity contribution is 4.93. The molecule has 1 aliphatic rings. The van der Waals surface area contributed by atoms with Gasteiger partial charge in [0, 0.05) is 18.5 Å². The molecule has 1 rings (SSSR count). The van der Waals surface area contributed by atoms with Crippen molar-refractivity contribution in [2.45, 2.75) is 38.3 Å². The lowest BCUT2D eigenvalue weighted by molar-refractivity contribution is 0.117. The standard InChI is InChI=1S/C10H18N2O/c1-8(13)7-12(2)10-4-3-9(5-10)6-11/h8-10,13H,3-5,7H2,1-2H3/t8-,9?,10?/m0/s1. The zero-order valence-corrected chi connectivity index (χ0v) is 8.40. The minimum atomic E-state index is -0.272. The van der Waals surface area contributed by atoms with Crippen LogP contribution in [0, 0.1) is 17.2 Å². The summed E-state index contributed by atoms with van der Waals surface area (Å²) in [7, 11) is 2.02. The van der Waals surface area contributed by atoms with E-state index in [-0.39, 0.29) is 12.0 Å². The van der Waals surface area contributed by atoms with Crippen LogP contribution >= 0.6 is 0 Å². The Kier molecular flexibility index (Phi) is 3.71. The Hall–Kier alpha value is -0.590. The molecule has 0 aromatic heterocycles. The maximum Gasteiger partial charge on any atom is 0.0656 e. The van der Waals surface area contributed by atoms with E-state index in [0.29, 0.717) is 12.6 Å². The molecular weight excluding hydrogens is 164 g/mol. The number of nitrogens with zero attached hydrogens (tertiary/aromatic N) is 2. The molecule has 3 atom stereocenters. The van der Waals surface area contributed by atoms with Crippen LogP contribution in [0.2, 0.25) is 0 Å². The molecule has 0 spiro atoms. The van der Waals surface area contributed by atoms with E-state index in [1.54, 1.807) is 6.92 Å². The molecule has 74 valence electrons. The van der Waals surface area contributed by atoms with E-state index in [4.69, 9.17) is 5.26 Å². The predicted octanol–water partition coefficient (Wildman–Crippen LogP) is 0.991. The van der Waals surface area contributed by atoms with Gasteiger partial charge in [0.05, 0.1) is 12.2 Å². The second-order valence-electron chi connectivity index (χ2n) is 4.08. The molecule has 0 aromatic rings. The van der Waals surface area contributed by atoms with Gasteiger partial charge >= 0.3 is 0 Å². The van der Waals surface area contributed by atoms with Crippen LogP contribution in [0.3, 0.4) is 0 Å². The first-order valence-corrected chi connectivity index (χ1v) is 4.91. The normalized spacial score (nSPS) is 30.4. The van der Waals surface area contributed by atoms with Gasteiger partial charge in [-0.2, -0.15) is 5.26 Å². The number of rotatable bonds is 3. The minimum absolute atomic E-state index is 0.237. The monoisotopic (exact) mass is 182 g/mol. The van der Waals surface area contributed by atoms with Crippen molar-refractivity contribution in [1.82, 2.24) is 4.90 Å². The molecule has 0 bridgehead atoms.